The first-order valence-electron chi connectivity index (χ1n) is 8.82. The third-order valence-corrected chi connectivity index (χ3v) is 4.53. The van der Waals surface area contributed by atoms with E-state index in [0.717, 1.165) is 10.3 Å². The molecule has 0 spiro atoms. The number of esters is 2. The Bertz CT molecular complexity index is 960. The number of fused-ring (bicyclic) bond motifs is 1. The fourth-order valence-corrected chi connectivity index (χ4v) is 2.85. The maximum absolute atomic E-state index is 12.6. The molecule has 29 heavy (non-hydrogen) atoms. The van der Waals surface area contributed by atoms with Crippen LogP contribution in [0.25, 0.3) is 11.0 Å². The number of ether oxygens (including phenoxy) is 3. The summed E-state index contributed by atoms with van der Waals surface area (Å²) in [6.45, 7) is 0.983. The van der Waals surface area contributed by atoms with Crippen LogP contribution >= 0.6 is 0 Å². The average Bonchev–Trinajstić information content (AvgIpc) is 2.71. The Morgan fingerprint density at radius 3 is 2.21 bits per heavy atom. The van der Waals surface area contributed by atoms with Crippen LogP contribution in [-0.2, 0) is 30.3 Å². The van der Waals surface area contributed by atoms with Gasteiger partial charge in [-0.1, -0.05) is 0 Å². The van der Waals surface area contributed by atoms with E-state index in [1.807, 2.05) is 0 Å². The van der Waals surface area contributed by atoms with Gasteiger partial charge in [0, 0.05) is 23.4 Å². The first-order valence-corrected chi connectivity index (χ1v) is 8.82. The number of carbonyl (C=O) groups is 3. The summed E-state index contributed by atoms with van der Waals surface area (Å²) in [7, 11) is 3.88. The molecule has 0 aliphatic carbocycles. The van der Waals surface area contributed by atoms with Crippen molar-refractivity contribution in [2.45, 2.75) is 19.8 Å². The number of amides is 1. The highest BCUT2D eigenvalue weighted by Gasteiger charge is 2.22. The molecule has 0 N–H and O–H groups in total. The Kier molecular flexibility index (Phi) is 7.35. The molecule has 0 saturated carbocycles. The van der Waals surface area contributed by atoms with Crippen molar-refractivity contribution in [3.05, 3.63) is 39.7 Å². The Morgan fingerprint density at radius 1 is 1.03 bits per heavy atom. The molecule has 9 heteroatoms. The molecule has 1 amide bonds. The van der Waals surface area contributed by atoms with Crippen LogP contribution in [0.5, 0.6) is 5.75 Å². The van der Waals surface area contributed by atoms with E-state index in [2.05, 4.69) is 9.47 Å². The zero-order valence-corrected chi connectivity index (χ0v) is 16.8. The summed E-state index contributed by atoms with van der Waals surface area (Å²) in [6, 6.07) is 5.14. The number of benzene rings is 1. The van der Waals surface area contributed by atoms with Crippen molar-refractivity contribution >= 4 is 28.8 Å². The zero-order chi connectivity index (χ0) is 21.6. The number of rotatable bonds is 8. The molecular formula is C20H23NO8. The molecule has 0 unspecified atom stereocenters. The number of carbonyl (C=O) groups excluding carboxylic acids is 3. The topological polar surface area (TPSA) is 112 Å². The van der Waals surface area contributed by atoms with Gasteiger partial charge in [-0.15, -0.1) is 0 Å². The average molecular weight is 405 g/mol. The summed E-state index contributed by atoms with van der Waals surface area (Å²) in [6.07, 6.45) is -0.00490. The highest BCUT2D eigenvalue weighted by molar-refractivity contribution is 5.86. The molecule has 0 aliphatic heterocycles. The molecule has 1 heterocycles. The number of nitrogens with zero attached hydrogens (tertiary/aromatic N) is 1. The normalized spacial score (nSPS) is 10.5. The minimum absolute atomic E-state index is 0.0911. The van der Waals surface area contributed by atoms with Gasteiger partial charge < -0.3 is 23.5 Å². The molecule has 2 aromatic rings. The van der Waals surface area contributed by atoms with Gasteiger partial charge in [-0.2, -0.15) is 0 Å². The quantitative estimate of drug-likeness (QED) is 0.476. The van der Waals surface area contributed by atoms with Crippen LogP contribution in [0.4, 0.5) is 0 Å². The van der Waals surface area contributed by atoms with E-state index in [4.69, 9.17) is 9.15 Å². The van der Waals surface area contributed by atoms with Crippen molar-refractivity contribution in [3.8, 4) is 5.75 Å². The summed E-state index contributed by atoms with van der Waals surface area (Å²) in [5, 5.41) is 0.730. The van der Waals surface area contributed by atoms with Crippen molar-refractivity contribution < 1.29 is 33.0 Å². The number of hydrogen-bond donors (Lipinski definition) is 0. The second kappa shape index (κ2) is 9.72. The van der Waals surface area contributed by atoms with Crippen molar-refractivity contribution in [2.24, 2.45) is 0 Å². The highest BCUT2D eigenvalue weighted by Crippen LogP contribution is 2.24. The maximum Gasteiger partial charge on any atom is 0.339 e. The molecule has 9 nitrogen and oxygen atoms in total. The van der Waals surface area contributed by atoms with Crippen LogP contribution in [-0.4, -0.2) is 57.2 Å². The van der Waals surface area contributed by atoms with Gasteiger partial charge >= 0.3 is 17.6 Å². The summed E-state index contributed by atoms with van der Waals surface area (Å²) < 4.78 is 19.6. The van der Waals surface area contributed by atoms with Crippen LogP contribution in [0.15, 0.2) is 27.4 Å². The number of aryl methyl sites for hydroxylation is 1. The Hall–Kier alpha value is -3.36. The monoisotopic (exact) mass is 405 g/mol. The van der Waals surface area contributed by atoms with Gasteiger partial charge in [0.15, 0.2) is 0 Å². The molecule has 2 rings (SSSR count). The molecule has 0 bridgehead atoms. The maximum atomic E-state index is 12.6. The summed E-state index contributed by atoms with van der Waals surface area (Å²) in [5.41, 5.74) is 0.884. The molecule has 0 fully saturated rings. The second-order valence-corrected chi connectivity index (χ2v) is 6.26. The van der Waals surface area contributed by atoms with Gasteiger partial charge in [-0.3, -0.25) is 14.4 Å². The molecular weight excluding hydrogens is 382 g/mol. The Balaban J connectivity index is 2.22. The molecule has 0 atom stereocenters. The standard InChI is InChI=1S/C20H23NO8/c1-12-14-6-5-13(26-2)9-16(14)29-20(25)15(12)7-8-17(22)21(10-18(23)27-3)11-19(24)28-4/h5-6,9H,7-8,10-11H2,1-4H3. The lowest BCUT2D eigenvalue weighted by molar-refractivity contribution is -0.152. The van der Waals surface area contributed by atoms with E-state index in [1.165, 1.54) is 21.3 Å². The second-order valence-electron chi connectivity index (χ2n) is 6.26. The zero-order valence-electron chi connectivity index (χ0n) is 16.8. The summed E-state index contributed by atoms with van der Waals surface area (Å²) >= 11 is 0. The predicted octanol–water partition coefficient (Wildman–Crippen LogP) is 1.22. The summed E-state index contributed by atoms with van der Waals surface area (Å²) in [4.78, 5) is 49.1. The van der Waals surface area contributed by atoms with Crippen LogP contribution in [0.2, 0.25) is 0 Å². The van der Waals surface area contributed by atoms with Crippen LogP contribution in [0.1, 0.15) is 17.5 Å². The minimum atomic E-state index is -0.669. The van der Waals surface area contributed by atoms with Gasteiger partial charge in [-0.05, 0) is 31.0 Å². The predicted molar refractivity (Wildman–Crippen MR) is 103 cm³/mol. The van der Waals surface area contributed by atoms with Gasteiger partial charge in [0.2, 0.25) is 5.91 Å². The minimum Gasteiger partial charge on any atom is -0.497 e. The van der Waals surface area contributed by atoms with Crippen molar-refractivity contribution in [2.75, 3.05) is 34.4 Å². The molecule has 0 aliphatic rings. The molecule has 1 aromatic carbocycles. The highest BCUT2D eigenvalue weighted by atomic mass is 16.5. The molecule has 156 valence electrons. The molecule has 0 saturated heterocycles. The first kappa shape index (κ1) is 21.9. The third-order valence-electron chi connectivity index (χ3n) is 4.53. The number of methoxy groups -OCH3 is 3. The number of hydrogen-bond acceptors (Lipinski definition) is 8. The summed E-state index contributed by atoms with van der Waals surface area (Å²) in [5.74, 6) is -1.27. The van der Waals surface area contributed by atoms with Gasteiger partial charge in [0.1, 0.15) is 24.4 Å². The fraction of sp³-hybridized carbons (Fsp3) is 0.400. The van der Waals surface area contributed by atoms with Crippen LogP contribution in [0, 0.1) is 6.92 Å². The smallest absolute Gasteiger partial charge is 0.339 e. The van der Waals surface area contributed by atoms with Gasteiger partial charge in [0.25, 0.3) is 0 Å². The van der Waals surface area contributed by atoms with Gasteiger partial charge in [0.05, 0.1) is 21.3 Å². The van der Waals surface area contributed by atoms with E-state index in [9.17, 15) is 19.2 Å². The van der Waals surface area contributed by atoms with E-state index in [-0.39, 0.29) is 12.8 Å². The van der Waals surface area contributed by atoms with E-state index >= 15 is 0 Å². The SMILES string of the molecule is COC(=O)CN(CC(=O)OC)C(=O)CCc1c(C)c2ccc(OC)cc2oc1=O. The fourth-order valence-electron chi connectivity index (χ4n) is 2.85. The van der Waals surface area contributed by atoms with Crippen molar-refractivity contribution in [1.82, 2.24) is 4.90 Å². The third kappa shape index (κ3) is 5.34. The Labute approximate surface area is 167 Å². The lowest BCUT2D eigenvalue weighted by atomic mass is 10.0. The lowest BCUT2D eigenvalue weighted by Gasteiger charge is -2.20. The van der Waals surface area contributed by atoms with Gasteiger partial charge in [-0.25, -0.2) is 4.79 Å². The van der Waals surface area contributed by atoms with Crippen LogP contribution < -0.4 is 10.4 Å². The Morgan fingerprint density at radius 2 is 1.66 bits per heavy atom. The molecule has 0 radical (unpaired) electrons. The van der Waals surface area contributed by atoms with E-state index in [0.29, 0.717) is 22.5 Å². The largest absolute Gasteiger partial charge is 0.497 e. The lowest BCUT2D eigenvalue weighted by Crippen LogP contribution is -2.40. The van der Waals surface area contributed by atoms with Crippen molar-refractivity contribution in [3.63, 3.8) is 0 Å². The van der Waals surface area contributed by atoms with E-state index < -0.39 is 36.6 Å². The van der Waals surface area contributed by atoms with Crippen LogP contribution in [0.3, 0.4) is 0 Å². The van der Waals surface area contributed by atoms with E-state index in [1.54, 1.807) is 25.1 Å². The van der Waals surface area contributed by atoms with Crippen molar-refractivity contribution in [1.29, 1.82) is 0 Å². The molecule has 1 aromatic heterocycles. The first-order chi connectivity index (χ1) is 13.8.